The zero-order valence-electron chi connectivity index (χ0n) is 6.51. The number of hydrogen-bond acceptors (Lipinski definition) is 4. The standard InChI is InChI=1S/C7H7NO4S/c9-6(10)1-4(7(11)12)5-2-8-3-13-5/h2-4H,1H2,(H,9,10)(H,11,12). The third-order valence-corrected chi connectivity index (χ3v) is 2.36. The van der Waals surface area contributed by atoms with Gasteiger partial charge in [-0.15, -0.1) is 11.3 Å². The molecule has 0 aliphatic carbocycles. The molecule has 0 amide bonds. The summed E-state index contributed by atoms with van der Waals surface area (Å²) in [5.74, 6) is -3.24. The molecule has 1 rings (SSSR count). The lowest BCUT2D eigenvalue weighted by molar-refractivity contribution is -0.145. The van der Waals surface area contributed by atoms with Crippen molar-refractivity contribution in [2.45, 2.75) is 12.3 Å². The van der Waals surface area contributed by atoms with Crippen LogP contribution in [0.15, 0.2) is 11.7 Å². The Kier molecular flexibility index (Phi) is 2.97. The molecule has 1 unspecified atom stereocenters. The van der Waals surface area contributed by atoms with Gasteiger partial charge in [-0.1, -0.05) is 0 Å². The first-order valence-corrected chi connectivity index (χ1v) is 4.32. The van der Waals surface area contributed by atoms with Gasteiger partial charge in [-0.25, -0.2) is 0 Å². The average molecular weight is 201 g/mol. The molecule has 1 atom stereocenters. The molecule has 6 heteroatoms. The lowest BCUT2D eigenvalue weighted by Gasteiger charge is -2.05. The molecule has 0 saturated heterocycles. The van der Waals surface area contributed by atoms with E-state index in [-0.39, 0.29) is 0 Å². The zero-order valence-corrected chi connectivity index (χ0v) is 7.32. The number of carboxylic acids is 2. The highest BCUT2D eigenvalue weighted by atomic mass is 32.1. The minimum absolute atomic E-state index is 0.405. The summed E-state index contributed by atoms with van der Waals surface area (Å²) in [6.07, 6.45) is 0.976. The third-order valence-electron chi connectivity index (χ3n) is 1.47. The highest BCUT2D eigenvalue weighted by Crippen LogP contribution is 2.23. The number of rotatable bonds is 4. The maximum Gasteiger partial charge on any atom is 0.312 e. The van der Waals surface area contributed by atoms with Crippen LogP contribution >= 0.6 is 11.3 Å². The summed E-state index contributed by atoms with van der Waals surface area (Å²) in [6, 6.07) is 0. The van der Waals surface area contributed by atoms with E-state index in [1.165, 1.54) is 11.7 Å². The number of nitrogens with zero attached hydrogens (tertiary/aromatic N) is 1. The van der Waals surface area contributed by atoms with E-state index in [0.717, 1.165) is 11.3 Å². The molecule has 0 aliphatic heterocycles. The van der Waals surface area contributed by atoms with Crippen LogP contribution in [-0.2, 0) is 9.59 Å². The fourth-order valence-corrected chi connectivity index (χ4v) is 1.60. The van der Waals surface area contributed by atoms with Crippen molar-refractivity contribution in [3.63, 3.8) is 0 Å². The quantitative estimate of drug-likeness (QED) is 0.751. The van der Waals surface area contributed by atoms with Gasteiger partial charge in [0.25, 0.3) is 0 Å². The van der Waals surface area contributed by atoms with Gasteiger partial charge in [0, 0.05) is 11.1 Å². The van der Waals surface area contributed by atoms with E-state index in [0.29, 0.717) is 4.88 Å². The predicted molar refractivity (Wildman–Crippen MR) is 44.7 cm³/mol. The van der Waals surface area contributed by atoms with Crippen LogP contribution in [0.5, 0.6) is 0 Å². The van der Waals surface area contributed by atoms with Crippen LogP contribution in [0.2, 0.25) is 0 Å². The van der Waals surface area contributed by atoms with Crippen molar-refractivity contribution >= 4 is 23.3 Å². The zero-order chi connectivity index (χ0) is 9.84. The Morgan fingerprint density at radius 3 is 2.62 bits per heavy atom. The summed E-state index contributed by atoms with van der Waals surface area (Å²) in [6.45, 7) is 0. The number of aromatic nitrogens is 1. The molecule has 0 saturated carbocycles. The number of thiazole rings is 1. The van der Waals surface area contributed by atoms with Crippen molar-refractivity contribution < 1.29 is 19.8 Å². The molecular weight excluding hydrogens is 194 g/mol. The first-order chi connectivity index (χ1) is 6.11. The predicted octanol–water partition coefficient (Wildman–Crippen LogP) is 0.786. The summed E-state index contributed by atoms with van der Waals surface area (Å²) in [5.41, 5.74) is 1.48. The molecular formula is C7H7NO4S. The Labute approximate surface area is 77.7 Å². The number of carbonyl (C=O) groups is 2. The highest BCUT2D eigenvalue weighted by molar-refractivity contribution is 7.09. The van der Waals surface area contributed by atoms with Gasteiger partial charge in [-0.2, -0.15) is 0 Å². The SMILES string of the molecule is O=C(O)CC(C(=O)O)c1cncs1. The summed E-state index contributed by atoms with van der Waals surface area (Å²) >= 11 is 1.15. The van der Waals surface area contributed by atoms with Crippen molar-refractivity contribution in [2.75, 3.05) is 0 Å². The van der Waals surface area contributed by atoms with Gasteiger partial charge in [-0.3, -0.25) is 14.6 Å². The number of hydrogen-bond donors (Lipinski definition) is 2. The molecule has 0 aliphatic rings. The largest absolute Gasteiger partial charge is 0.481 e. The van der Waals surface area contributed by atoms with E-state index in [2.05, 4.69) is 4.98 Å². The molecule has 1 aromatic heterocycles. The Morgan fingerprint density at radius 1 is 1.54 bits per heavy atom. The van der Waals surface area contributed by atoms with E-state index in [1.54, 1.807) is 0 Å². The molecule has 1 aromatic rings. The van der Waals surface area contributed by atoms with Gasteiger partial charge in [0.05, 0.1) is 11.9 Å². The van der Waals surface area contributed by atoms with Crippen LogP contribution in [-0.4, -0.2) is 27.1 Å². The molecule has 0 bridgehead atoms. The Morgan fingerprint density at radius 2 is 2.23 bits per heavy atom. The monoisotopic (exact) mass is 201 g/mol. The van der Waals surface area contributed by atoms with Crippen LogP contribution < -0.4 is 0 Å². The first-order valence-electron chi connectivity index (χ1n) is 3.44. The molecule has 0 fully saturated rings. The van der Waals surface area contributed by atoms with Gasteiger partial charge in [0.15, 0.2) is 0 Å². The smallest absolute Gasteiger partial charge is 0.312 e. The van der Waals surface area contributed by atoms with E-state index >= 15 is 0 Å². The van der Waals surface area contributed by atoms with Crippen LogP contribution in [0.25, 0.3) is 0 Å². The molecule has 1 heterocycles. The van der Waals surface area contributed by atoms with Crippen LogP contribution in [0.3, 0.4) is 0 Å². The van der Waals surface area contributed by atoms with Gasteiger partial charge in [0.2, 0.25) is 0 Å². The second-order valence-corrected chi connectivity index (χ2v) is 3.31. The van der Waals surface area contributed by atoms with Gasteiger partial charge < -0.3 is 10.2 Å². The van der Waals surface area contributed by atoms with E-state index in [1.807, 2.05) is 0 Å². The Balaban J connectivity index is 2.81. The minimum Gasteiger partial charge on any atom is -0.481 e. The van der Waals surface area contributed by atoms with Crippen molar-refractivity contribution in [3.05, 3.63) is 16.6 Å². The first kappa shape index (κ1) is 9.66. The molecule has 0 aromatic carbocycles. The summed E-state index contributed by atoms with van der Waals surface area (Å²) in [7, 11) is 0. The van der Waals surface area contributed by atoms with E-state index in [4.69, 9.17) is 10.2 Å². The van der Waals surface area contributed by atoms with Crippen molar-refractivity contribution in [3.8, 4) is 0 Å². The molecule has 13 heavy (non-hydrogen) atoms. The fourth-order valence-electron chi connectivity index (χ4n) is 0.882. The molecule has 70 valence electrons. The van der Waals surface area contributed by atoms with Gasteiger partial charge in [0.1, 0.15) is 5.92 Å². The minimum atomic E-state index is -1.13. The fraction of sp³-hybridized carbons (Fsp3) is 0.286. The summed E-state index contributed by atoms with van der Waals surface area (Å²) in [4.78, 5) is 25.1. The lowest BCUT2D eigenvalue weighted by Crippen LogP contribution is -2.14. The average Bonchev–Trinajstić information content (AvgIpc) is 2.50. The maximum atomic E-state index is 10.6. The van der Waals surface area contributed by atoms with Gasteiger partial charge in [-0.05, 0) is 0 Å². The van der Waals surface area contributed by atoms with Crippen molar-refractivity contribution in [1.29, 1.82) is 0 Å². The number of carboxylic acid groups (broad SMARTS) is 2. The second-order valence-electron chi connectivity index (χ2n) is 2.39. The molecule has 0 radical (unpaired) electrons. The summed E-state index contributed by atoms with van der Waals surface area (Å²) in [5, 5.41) is 17.2. The molecule has 5 nitrogen and oxygen atoms in total. The Hall–Kier alpha value is -1.43. The van der Waals surface area contributed by atoms with Crippen LogP contribution in [0.4, 0.5) is 0 Å². The highest BCUT2D eigenvalue weighted by Gasteiger charge is 2.24. The normalized spacial score (nSPS) is 12.3. The van der Waals surface area contributed by atoms with Gasteiger partial charge >= 0.3 is 11.9 Å². The van der Waals surface area contributed by atoms with Crippen molar-refractivity contribution in [2.24, 2.45) is 0 Å². The van der Waals surface area contributed by atoms with Crippen LogP contribution in [0, 0.1) is 0 Å². The van der Waals surface area contributed by atoms with Crippen molar-refractivity contribution in [1.82, 2.24) is 4.98 Å². The summed E-state index contributed by atoms with van der Waals surface area (Å²) < 4.78 is 0. The molecule has 2 N–H and O–H groups in total. The lowest BCUT2D eigenvalue weighted by atomic mass is 10.1. The van der Waals surface area contributed by atoms with E-state index in [9.17, 15) is 9.59 Å². The Bertz CT molecular complexity index is 308. The maximum absolute atomic E-state index is 10.6. The topological polar surface area (TPSA) is 87.5 Å². The van der Waals surface area contributed by atoms with E-state index < -0.39 is 24.3 Å². The third kappa shape index (κ3) is 2.51. The molecule has 0 spiro atoms. The number of aliphatic carboxylic acids is 2. The van der Waals surface area contributed by atoms with Crippen LogP contribution in [0.1, 0.15) is 17.2 Å². The second kappa shape index (κ2) is 3.99.